The van der Waals surface area contributed by atoms with E-state index in [1.54, 1.807) is 17.4 Å². The summed E-state index contributed by atoms with van der Waals surface area (Å²) < 4.78 is 28.7. The third kappa shape index (κ3) is 3.87. The van der Waals surface area contributed by atoms with Crippen LogP contribution >= 0.6 is 34.5 Å². The Morgan fingerprint density at radius 2 is 2.25 bits per heavy atom. The fourth-order valence-corrected chi connectivity index (χ4v) is 5.23. The molecule has 1 aromatic rings. The quantitative estimate of drug-likeness (QED) is 0.760. The van der Waals surface area contributed by atoms with Crippen LogP contribution in [-0.2, 0) is 16.8 Å². The Labute approximate surface area is 134 Å². The van der Waals surface area contributed by atoms with Gasteiger partial charge in [0.2, 0.25) is 0 Å². The van der Waals surface area contributed by atoms with Gasteiger partial charge in [-0.1, -0.05) is 11.6 Å². The van der Waals surface area contributed by atoms with Gasteiger partial charge in [0.15, 0.2) is 0 Å². The van der Waals surface area contributed by atoms with Gasteiger partial charge in [-0.15, -0.1) is 22.9 Å². The molecule has 1 aliphatic rings. The number of halogens is 2. The van der Waals surface area contributed by atoms with Crippen molar-refractivity contribution in [3.8, 4) is 0 Å². The summed E-state index contributed by atoms with van der Waals surface area (Å²) in [7, 11) is -1.82. The highest BCUT2D eigenvalue weighted by Gasteiger charge is 2.31. The number of piperidine rings is 1. The zero-order valence-corrected chi connectivity index (χ0v) is 14.4. The Morgan fingerprint density at radius 3 is 2.85 bits per heavy atom. The Morgan fingerprint density at radius 1 is 1.50 bits per heavy atom. The van der Waals surface area contributed by atoms with Crippen LogP contribution in [0.1, 0.15) is 17.7 Å². The smallest absolute Gasteiger partial charge is 0.195 e. The van der Waals surface area contributed by atoms with Gasteiger partial charge in [0.05, 0.1) is 4.34 Å². The summed E-state index contributed by atoms with van der Waals surface area (Å²) in [4.78, 5) is 0.937. The molecule has 1 saturated heterocycles. The molecule has 0 aromatic carbocycles. The molecule has 0 saturated carbocycles. The second-order valence-electron chi connectivity index (χ2n) is 4.99. The van der Waals surface area contributed by atoms with Gasteiger partial charge in [-0.25, -0.2) is 0 Å². The molecule has 1 unspecified atom stereocenters. The molecule has 20 heavy (non-hydrogen) atoms. The zero-order chi connectivity index (χ0) is 14.8. The average Bonchev–Trinajstić information content (AvgIpc) is 2.84. The highest BCUT2D eigenvalue weighted by atomic mass is 35.5. The highest BCUT2D eigenvalue weighted by Crippen LogP contribution is 2.25. The summed E-state index contributed by atoms with van der Waals surface area (Å²) in [6.45, 7) is 1.44. The monoisotopic (exact) mass is 356 g/mol. The number of alkyl halides is 1. The fraction of sp³-hybridized carbons (Fsp3) is 0.667. The Kier molecular flexibility index (Phi) is 5.73. The number of thiophene rings is 1. The van der Waals surface area contributed by atoms with E-state index < -0.39 is 10.2 Å². The molecule has 0 aliphatic carbocycles. The first kappa shape index (κ1) is 16.5. The lowest BCUT2D eigenvalue weighted by Crippen LogP contribution is -2.46. The van der Waals surface area contributed by atoms with E-state index in [1.807, 2.05) is 6.07 Å². The normalized spacial score (nSPS) is 21.5. The van der Waals surface area contributed by atoms with Gasteiger partial charge in [-0.3, -0.25) is 0 Å². The molecule has 1 atom stereocenters. The van der Waals surface area contributed by atoms with Crippen LogP contribution in [0.15, 0.2) is 12.1 Å². The maximum Gasteiger partial charge on any atom is 0.282 e. The zero-order valence-electron chi connectivity index (χ0n) is 11.3. The molecule has 1 fully saturated rings. The third-order valence-electron chi connectivity index (χ3n) is 3.43. The molecule has 0 radical (unpaired) electrons. The van der Waals surface area contributed by atoms with Crippen LogP contribution in [0.3, 0.4) is 0 Å². The van der Waals surface area contributed by atoms with Crippen molar-refractivity contribution in [1.82, 2.24) is 8.61 Å². The molecule has 2 heterocycles. The van der Waals surface area contributed by atoms with E-state index in [2.05, 4.69) is 0 Å². The van der Waals surface area contributed by atoms with E-state index in [1.165, 1.54) is 15.6 Å². The standard InChI is InChI=1S/C12H18Cl2N2O2S2/c1-15(9-11-4-5-12(14)19-11)20(17,18)16-6-2-3-10(7-13)8-16/h4-5,10H,2-3,6-9H2,1H3. The molecule has 0 bridgehead atoms. The van der Waals surface area contributed by atoms with Crippen molar-refractivity contribution in [3.63, 3.8) is 0 Å². The van der Waals surface area contributed by atoms with Crippen molar-refractivity contribution in [1.29, 1.82) is 0 Å². The molecule has 2 rings (SSSR count). The van der Waals surface area contributed by atoms with Crippen molar-refractivity contribution in [3.05, 3.63) is 21.3 Å². The molecular weight excluding hydrogens is 339 g/mol. The molecule has 114 valence electrons. The number of hydrogen-bond acceptors (Lipinski definition) is 3. The van der Waals surface area contributed by atoms with Gasteiger partial charge in [0, 0.05) is 37.4 Å². The van der Waals surface area contributed by atoms with E-state index in [9.17, 15) is 8.42 Å². The van der Waals surface area contributed by atoms with Crippen LogP contribution in [-0.4, -0.2) is 43.0 Å². The summed E-state index contributed by atoms with van der Waals surface area (Å²) in [5, 5.41) is 0. The van der Waals surface area contributed by atoms with E-state index in [-0.39, 0.29) is 5.92 Å². The van der Waals surface area contributed by atoms with E-state index in [0.717, 1.165) is 17.7 Å². The first-order chi connectivity index (χ1) is 9.43. The summed E-state index contributed by atoms with van der Waals surface area (Å²) in [6.07, 6.45) is 1.87. The number of hydrogen-bond donors (Lipinski definition) is 0. The van der Waals surface area contributed by atoms with Crippen molar-refractivity contribution in [2.75, 3.05) is 26.0 Å². The molecule has 0 amide bonds. The van der Waals surface area contributed by atoms with Gasteiger partial charge in [0.1, 0.15) is 0 Å². The predicted molar refractivity (Wildman–Crippen MR) is 84.7 cm³/mol. The number of rotatable bonds is 5. The number of nitrogens with zero attached hydrogens (tertiary/aromatic N) is 2. The maximum absolute atomic E-state index is 12.5. The van der Waals surface area contributed by atoms with Crippen LogP contribution < -0.4 is 0 Å². The first-order valence-corrected chi connectivity index (χ1v) is 9.57. The SMILES string of the molecule is CN(Cc1ccc(Cl)s1)S(=O)(=O)N1CCCC(CCl)C1. The lowest BCUT2D eigenvalue weighted by molar-refractivity contribution is 0.265. The van der Waals surface area contributed by atoms with Gasteiger partial charge >= 0.3 is 0 Å². The average molecular weight is 357 g/mol. The molecule has 1 aromatic heterocycles. The van der Waals surface area contributed by atoms with Gasteiger partial charge in [-0.05, 0) is 30.9 Å². The summed E-state index contributed by atoms with van der Waals surface area (Å²) in [5.41, 5.74) is 0. The lowest BCUT2D eigenvalue weighted by atomic mass is 10.0. The van der Waals surface area contributed by atoms with Crippen LogP contribution in [0.4, 0.5) is 0 Å². The predicted octanol–water partition coefficient (Wildman–Crippen LogP) is 3.03. The molecule has 1 aliphatic heterocycles. The van der Waals surface area contributed by atoms with Crippen LogP contribution in [0, 0.1) is 5.92 Å². The van der Waals surface area contributed by atoms with Gasteiger partial charge in [-0.2, -0.15) is 17.0 Å². The second kappa shape index (κ2) is 6.94. The Hall–Kier alpha value is 0.150. The molecule has 0 N–H and O–H groups in total. The fourth-order valence-electron chi connectivity index (χ4n) is 2.30. The summed E-state index contributed by atoms with van der Waals surface area (Å²) in [6, 6.07) is 3.64. The lowest BCUT2D eigenvalue weighted by Gasteiger charge is -2.33. The first-order valence-electron chi connectivity index (χ1n) is 6.45. The second-order valence-corrected chi connectivity index (χ2v) is 9.13. The topological polar surface area (TPSA) is 40.6 Å². The molecular formula is C12H18Cl2N2O2S2. The van der Waals surface area contributed by atoms with E-state index in [4.69, 9.17) is 23.2 Å². The van der Waals surface area contributed by atoms with Crippen LogP contribution in [0.25, 0.3) is 0 Å². The molecule has 4 nitrogen and oxygen atoms in total. The summed E-state index contributed by atoms with van der Waals surface area (Å²) >= 11 is 13.1. The minimum absolute atomic E-state index is 0.254. The summed E-state index contributed by atoms with van der Waals surface area (Å²) in [5.74, 6) is 0.765. The largest absolute Gasteiger partial charge is 0.282 e. The molecule has 8 heteroatoms. The highest BCUT2D eigenvalue weighted by molar-refractivity contribution is 7.86. The Bertz CT molecular complexity index is 547. The van der Waals surface area contributed by atoms with Crippen molar-refractivity contribution >= 4 is 44.7 Å². The van der Waals surface area contributed by atoms with Gasteiger partial charge < -0.3 is 0 Å². The van der Waals surface area contributed by atoms with E-state index >= 15 is 0 Å². The molecule has 0 spiro atoms. The van der Waals surface area contributed by atoms with E-state index in [0.29, 0.717) is 29.9 Å². The maximum atomic E-state index is 12.5. The van der Waals surface area contributed by atoms with Crippen LogP contribution in [0.2, 0.25) is 4.34 Å². The minimum Gasteiger partial charge on any atom is -0.195 e. The van der Waals surface area contributed by atoms with Crippen LogP contribution in [0.5, 0.6) is 0 Å². The third-order valence-corrected chi connectivity index (χ3v) is 6.98. The van der Waals surface area contributed by atoms with Crippen molar-refractivity contribution < 1.29 is 8.42 Å². The minimum atomic E-state index is -3.42. The Balaban J connectivity index is 2.05. The van der Waals surface area contributed by atoms with Gasteiger partial charge in [0.25, 0.3) is 10.2 Å². The van der Waals surface area contributed by atoms with Crippen molar-refractivity contribution in [2.24, 2.45) is 5.92 Å². The van der Waals surface area contributed by atoms with Crippen molar-refractivity contribution in [2.45, 2.75) is 19.4 Å².